The molecular formula is C22H19ClN2O4. The Morgan fingerprint density at radius 1 is 0.759 bits per heavy atom. The highest BCUT2D eigenvalue weighted by Gasteiger charge is 2.08. The van der Waals surface area contributed by atoms with Crippen molar-refractivity contribution < 1.29 is 19.1 Å². The van der Waals surface area contributed by atoms with E-state index in [1.807, 2.05) is 30.3 Å². The van der Waals surface area contributed by atoms with Crippen molar-refractivity contribution in [1.29, 1.82) is 0 Å². The van der Waals surface area contributed by atoms with Crippen molar-refractivity contribution in [3.8, 4) is 11.5 Å². The predicted octanol–water partition coefficient (Wildman–Crippen LogP) is 3.76. The van der Waals surface area contributed by atoms with Crippen LogP contribution < -0.4 is 20.3 Å². The molecule has 3 aromatic carbocycles. The molecule has 7 heteroatoms. The van der Waals surface area contributed by atoms with Gasteiger partial charge in [0.05, 0.1) is 0 Å². The Kier molecular flexibility index (Phi) is 7.08. The Morgan fingerprint density at radius 3 is 2.03 bits per heavy atom. The molecule has 0 saturated carbocycles. The highest BCUT2D eigenvalue weighted by Crippen LogP contribution is 2.18. The third-order valence-corrected chi connectivity index (χ3v) is 4.12. The van der Waals surface area contributed by atoms with Gasteiger partial charge < -0.3 is 9.47 Å². The SMILES string of the molecule is O=C(COc1ccc(OCc2ccccc2)cc1)NNC(=O)c1ccc(Cl)cc1. The molecule has 0 aliphatic heterocycles. The first kappa shape index (κ1) is 20.2. The number of hydrazine groups is 1. The summed E-state index contributed by atoms with van der Waals surface area (Å²) in [6, 6.07) is 23.1. The fourth-order valence-electron chi connectivity index (χ4n) is 2.36. The molecule has 0 saturated heterocycles. The average molecular weight is 411 g/mol. The molecule has 6 nitrogen and oxygen atoms in total. The molecule has 0 fully saturated rings. The van der Waals surface area contributed by atoms with Gasteiger partial charge in [0.25, 0.3) is 11.8 Å². The summed E-state index contributed by atoms with van der Waals surface area (Å²) in [5, 5.41) is 0.524. The normalized spacial score (nSPS) is 10.1. The van der Waals surface area contributed by atoms with Crippen LogP contribution in [-0.2, 0) is 11.4 Å². The molecule has 0 bridgehead atoms. The number of ether oxygens (including phenoxy) is 2. The van der Waals surface area contributed by atoms with Crippen LogP contribution in [0.15, 0.2) is 78.9 Å². The summed E-state index contributed by atoms with van der Waals surface area (Å²) in [7, 11) is 0. The minimum atomic E-state index is -0.489. The van der Waals surface area contributed by atoms with Crippen LogP contribution in [0.5, 0.6) is 11.5 Å². The third kappa shape index (κ3) is 6.55. The van der Waals surface area contributed by atoms with Gasteiger partial charge in [-0.3, -0.25) is 20.4 Å². The number of halogens is 1. The number of rotatable bonds is 7. The lowest BCUT2D eigenvalue weighted by Crippen LogP contribution is -2.43. The zero-order chi connectivity index (χ0) is 20.5. The van der Waals surface area contributed by atoms with Gasteiger partial charge in [0, 0.05) is 10.6 Å². The molecule has 0 aromatic heterocycles. The predicted molar refractivity (Wildman–Crippen MR) is 110 cm³/mol. The number of hydrogen-bond acceptors (Lipinski definition) is 4. The molecule has 3 aromatic rings. The lowest BCUT2D eigenvalue weighted by atomic mass is 10.2. The smallest absolute Gasteiger partial charge is 0.276 e. The second-order valence-corrected chi connectivity index (χ2v) is 6.48. The average Bonchev–Trinajstić information content (AvgIpc) is 2.76. The maximum Gasteiger partial charge on any atom is 0.276 e. The third-order valence-electron chi connectivity index (χ3n) is 3.86. The topological polar surface area (TPSA) is 76.7 Å². The number of amides is 2. The first-order chi connectivity index (χ1) is 14.1. The van der Waals surface area contributed by atoms with Crippen molar-refractivity contribution in [3.05, 3.63) is 95.0 Å². The summed E-state index contributed by atoms with van der Waals surface area (Å²) < 4.78 is 11.1. The van der Waals surface area contributed by atoms with Gasteiger partial charge in [0.15, 0.2) is 6.61 Å². The van der Waals surface area contributed by atoms with Crippen LogP contribution in [0.4, 0.5) is 0 Å². The van der Waals surface area contributed by atoms with Gasteiger partial charge in [-0.1, -0.05) is 41.9 Å². The van der Waals surface area contributed by atoms with Crippen LogP contribution in [0.3, 0.4) is 0 Å². The lowest BCUT2D eigenvalue weighted by molar-refractivity contribution is -0.123. The number of benzene rings is 3. The minimum absolute atomic E-state index is 0.245. The van der Waals surface area contributed by atoms with Crippen molar-refractivity contribution in [3.63, 3.8) is 0 Å². The van der Waals surface area contributed by atoms with Gasteiger partial charge in [-0.15, -0.1) is 0 Å². The van der Waals surface area contributed by atoms with Gasteiger partial charge in [-0.2, -0.15) is 0 Å². The second-order valence-electron chi connectivity index (χ2n) is 6.04. The molecule has 2 N–H and O–H groups in total. The summed E-state index contributed by atoms with van der Waals surface area (Å²) in [6.07, 6.45) is 0. The van der Waals surface area contributed by atoms with E-state index in [0.717, 1.165) is 5.56 Å². The second kappa shape index (κ2) is 10.1. The maximum atomic E-state index is 11.9. The fraction of sp³-hybridized carbons (Fsp3) is 0.0909. The number of carbonyl (C=O) groups excluding carboxylic acids is 2. The number of carbonyl (C=O) groups is 2. The highest BCUT2D eigenvalue weighted by molar-refractivity contribution is 6.30. The van der Waals surface area contributed by atoms with Crippen LogP contribution in [0, 0.1) is 0 Å². The first-order valence-electron chi connectivity index (χ1n) is 8.84. The van der Waals surface area contributed by atoms with E-state index >= 15 is 0 Å². The van der Waals surface area contributed by atoms with Gasteiger partial charge in [-0.05, 0) is 54.1 Å². The minimum Gasteiger partial charge on any atom is -0.489 e. The maximum absolute atomic E-state index is 11.9. The number of hydrogen-bond donors (Lipinski definition) is 2. The van der Waals surface area contributed by atoms with E-state index in [2.05, 4.69) is 10.9 Å². The Hall–Kier alpha value is -3.51. The highest BCUT2D eigenvalue weighted by atomic mass is 35.5. The monoisotopic (exact) mass is 410 g/mol. The van der Waals surface area contributed by atoms with Gasteiger partial charge >= 0.3 is 0 Å². The van der Waals surface area contributed by atoms with E-state index in [-0.39, 0.29) is 6.61 Å². The van der Waals surface area contributed by atoms with E-state index in [9.17, 15) is 9.59 Å². The van der Waals surface area contributed by atoms with Crippen LogP contribution in [0.25, 0.3) is 0 Å². The van der Waals surface area contributed by atoms with Crippen molar-refractivity contribution in [1.82, 2.24) is 10.9 Å². The molecule has 29 heavy (non-hydrogen) atoms. The molecule has 0 heterocycles. The van der Waals surface area contributed by atoms with Gasteiger partial charge in [-0.25, -0.2) is 0 Å². The zero-order valence-corrected chi connectivity index (χ0v) is 16.2. The quantitative estimate of drug-likeness (QED) is 0.581. The molecule has 0 radical (unpaired) electrons. The molecule has 2 amide bonds. The summed E-state index contributed by atoms with van der Waals surface area (Å²) in [6.45, 7) is 0.224. The molecule has 0 spiro atoms. The van der Waals surface area contributed by atoms with Gasteiger partial charge in [0.1, 0.15) is 18.1 Å². The summed E-state index contributed by atoms with van der Waals surface area (Å²) in [4.78, 5) is 23.7. The first-order valence-corrected chi connectivity index (χ1v) is 9.22. The van der Waals surface area contributed by atoms with E-state index in [1.54, 1.807) is 48.5 Å². The van der Waals surface area contributed by atoms with Crippen molar-refractivity contribution in [2.24, 2.45) is 0 Å². The van der Waals surface area contributed by atoms with Crippen molar-refractivity contribution in [2.45, 2.75) is 6.61 Å². The summed E-state index contributed by atoms with van der Waals surface area (Å²) >= 11 is 5.77. The molecule has 148 valence electrons. The summed E-state index contributed by atoms with van der Waals surface area (Å²) in [5.74, 6) is 0.267. The van der Waals surface area contributed by atoms with E-state index in [0.29, 0.717) is 28.7 Å². The zero-order valence-electron chi connectivity index (χ0n) is 15.4. The Balaban J connectivity index is 1.39. The molecule has 3 rings (SSSR count). The van der Waals surface area contributed by atoms with E-state index in [1.165, 1.54) is 0 Å². The number of nitrogens with one attached hydrogen (secondary N) is 2. The van der Waals surface area contributed by atoms with Crippen molar-refractivity contribution in [2.75, 3.05) is 6.61 Å². The van der Waals surface area contributed by atoms with Crippen LogP contribution in [-0.4, -0.2) is 18.4 Å². The van der Waals surface area contributed by atoms with Gasteiger partial charge in [0.2, 0.25) is 0 Å². The van der Waals surface area contributed by atoms with E-state index < -0.39 is 11.8 Å². The van der Waals surface area contributed by atoms with E-state index in [4.69, 9.17) is 21.1 Å². The Bertz CT molecular complexity index is 945. The Labute approximate surface area is 173 Å². The fourth-order valence-corrected chi connectivity index (χ4v) is 2.48. The van der Waals surface area contributed by atoms with Crippen LogP contribution in [0.1, 0.15) is 15.9 Å². The van der Waals surface area contributed by atoms with Crippen molar-refractivity contribution >= 4 is 23.4 Å². The molecule has 0 unspecified atom stereocenters. The van der Waals surface area contributed by atoms with Crippen LogP contribution >= 0.6 is 11.6 Å². The molecule has 0 atom stereocenters. The standard InChI is InChI=1S/C22H19ClN2O4/c23-18-8-6-17(7-9-18)22(27)25-24-21(26)15-29-20-12-10-19(11-13-20)28-14-16-4-2-1-3-5-16/h1-13H,14-15H2,(H,24,26)(H,25,27). The lowest BCUT2D eigenvalue weighted by Gasteiger charge is -2.10. The largest absolute Gasteiger partial charge is 0.489 e. The molecule has 0 aliphatic rings. The molecular weight excluding hydrogens is 392 g/mol. The van der Waals surface area contributed by atoms with Crippen LogP contribution in [0.2, 0.25) is 5.02 Å². The Morgan fingerprint density at radius 2 is 1.38 bits per heavy atom. The summed E-state index contributed by atoms with van der Waals surface area (Å²) in [5.41, 5.74) is 6.06. The molecule has 0 aliphatic carbocycles.